The fraction of sp³-hybridized carbons (Fsp3) is 0.0667. The predicted octanol–water partition coefficient (Wildman–Crippen LogP) is 2.80. The van der Waals surface area contributed by atoms with Gasteiger partial charge in [0.15, 0.2) is 11.6 Å². The highest BCUT2D eigenvalue weighted by Gasteiger charge is 2.37. The predicted molar refractivity (Wildman–Crippen MR) is 71.1 cm³/mol. The van der Waals surface area contributed by atoms with E-state index in [1.54, 1.807) is 6.07 Å². The molecule has 6 heteroatoms. The maximum absolute atomic E-state index is 13.3. The summed E-state index contributed by atoms with van der Waals surface area (Å²) in [5, 5.41) is 12.3. The molecule has 1 aliphatic rings. The van der Waals surface area contributed by atoms with Crippen LogP contribution in [0.5, 0.6) is 5.75 Å². The van der Waals surface area contributed by atoms with Crippen molar-refractivity contribution in [2.45, 2.75) is 0 Å². The summed E-state index contributed by atoms with van der Waals surface area (Å²) in [6, 6.07) is 7.35. The van der Waals surface area contributed by atoms with Crippen LogP contribution in [0.1, 0.15) is 15.9 Å². The van der Waals surface area contributed by atoms with Crippen molar-refractivity contribution in [3.8, 4) is 5.75 Å². The first kappa shape index (κ1) is 13.2. The first-order chi connectivity index (χ1) is 10.0. The maximum Gasteiger partial charge on any atom is 0.273 e. The standard InChI is InChI=1S/C15H9F2NO3/c1-21-9-3-4-10-13(7-9)18(20)14(15(10)19)8-2-5-11(16)12(17)6-8/h2-7H,1H3. The van der Waals surface area contributed by atoms with Gasteiger partial charge in [-0.05, 0) is 30.3 Å². The minimum atomic E-state index is -1.12. The third-order valence-electron chi connectivity index (χ3n) is 3.28. The van der Waals surface area contributed by atoms with Crippen LogP contribution in [-0.2, 0) is 0 Å². The van der Waals surface area contributed by atoms with Crippen LogP contribution in [0.4, 0.5) is 14.5 Å². The Kier molecular flexibility index (Phi) is 2.94. The zero-order valence-electron chi connectivity index (χ0n) is 10.9. The Hall–Kier alpha value is -2.76. The van der Waals surface area contributed by atoms with Crippen LogP contribution >= 0.6 is 0 Å². The van der Waals surface area contributed by atoms with Crippen LogP contribution in [0.15, 0.2) is 36.4 Å². The number of Topliss-reactive ketones (excluding diaryl/α,β-unsaturated/α-hetero) is 1. The van der Waals surface area contributed by atoms with Gasteiger partial charge in [-0.25, -0.2) is 8.78 Å². The Morgan fingerprint density at radius 1 is 1.10 bits per heavy atom. The SMILES string of the molecule is COc1ccc2c(c1)[N+]([O-])=C(c1ccc(F)c(F)c1)C2=O. The zero-order chi connectivity index (χ0) is 15.1. The molecule has 0 saturated carbocycles. The van der Waals surface area contributed by atoms with Gasteiger partial charge < -0.3 is 9.94 Å². The lowest BCUT2D eigenvalue weighted by molar-refractivity contribution is -0.355. The van der Waals surface area contributed by atoms with Crippen LogP contribution in [0.25, 0.3) is 0 Å². The number of methoxy groups -OCH3 is 1. The summed E-state index contributed by atoms with van der Waals surface area (Å²) in [7, 11) is 1.44. The lowest BCUT2D eigenvalue weighted by Gasteiger charge is -2.03. The third-order valence-corrected chi connectivity index (χ3v) is 3.28. The Morgan fingerprint density at radius 2 is 1.86 bits per heavy atom. The summed E-state index contributed by atoms with van der Waals surface area (Å²) in [5.74, 6) is -2.27. The number of ether oxygens (including phenoxy) is 1. The van der Waals surface area contributed by atoms with Crippen LogP contribution in [0.2, 0.25) is 0 Å². The molecule has 106 valence electrons. The van der Waals surface area contributed by atoms with Gasteiger partial charge in [0, 0.05) is 0 Å². The fourth-order valence-corrected chi connectivity index (χ4v) is 2.23. The molecule has 2 aromatic carbocycles. The summed E-state index contributed by atoms with van der Waals surface area (Å²) < 4.78 is 31.7. The zero-order valence-corrected chi connectivity index (χ0v) is 10.9. The molecule has 0 N–H and O–H groups in total. The highest BCUT2D eigenvalue weighted by atomic mass is 19.2. The van der Waals surface area contributed by atoms with Crippen molar-refractivity contribution in [2.24, 2.45) is 0 Å². The Bertz CT molecular complexity index is 800. The molecule has 2 aromatic rings. The molecule has 4 nitrogen and oxygen atoms in total. The second-order valence-electron chi connectivity index (χ2n) is 4.48. The largest absolute Gasteiger partial charge is 0.618 e. The molecular weight excluding hydrogens is 280 g/mol. The van der Waals surface area contributed by atoms with Crippen LogP contribution in [0, 0.1) is 16.8 Å². The Labute approximate surface area is 118 Å². The summed E-state index contributed by atoms with van der Waals surface area (Å²) in [6.45, 7) is 0. The smallest absolute Gasteiger partial charge is 0.273 e. The van der Waals surface area contributed by atoms with Gasteiger partial charge in [-0.1, -0.05) is 0 Å². The number of benzene rings is 2. The molecule has 1 aliphatic heterocycles. The van der Waals surface area contributed by atoms with Gasteiger partial charge in [0.05, 0.1) is 18.7 Å². The number of fused-ring (bicyclic) bond motifs is 1. The van der Waals surface area contributed by atoms with Gasteiger partial charge in [-0.15, -0.1) is 0 Å². The second kappa shape index (κ2) is 4.66. The van der Waals surface area contributed by atoms with Crippen molar-refractivity contribution < 1.29 is 23.1 Å². The van der Waals surface area contributed by atoms with Crippen LogP contribution in [-0.4, -0.2) is 23.3 Å². The number of hydrogen-bond acceptors (Lipinski definition) is 3. The normalized spacial score (nSPS) is 13.6. The van der Waals surface area contributed by atoms with E-state index in [0.29, 0.717) is 10.5 Å². The highest BCUT2D eigenvalue weighted by molar-refractivity contribution is 6.52. The van der Waals surface area contributed by atoms with E-state index in [1.807, 2.05) is 0 Å². The number of halogens is 2. The molecule has 1 heterocycles. The molecule has 21 heavy (non-hydrogen) atoms. The van der Waals surface area contributed by atoms with Crippen molar-refractivity contribution in [2.75, 3.05) is 7.11 Å². The van der Waals surface area contributed by atoms with Crippen LogP contribution < -0.4 is 4.74 Å². The molecule has 0 spiro atoms. The summed E-state index contributed by atoms with van der Waals surface area (Å²) >= 11 is 0. The van der Waals surface area contributed by atoms with E-state index in [4.69, 9.17) is 4.74 Å². The number of rotatable bonds is 2. The highest BCUT2D eigenvalue weighted by Crippen LogP contribution is 2.31. The molecule has 0 fully saturated rings. The molecular formula is C15H9F2NO3. The lowest BCUT2D eigenvalue weighted by Crippen LogP contribution is -2.17. The molecule has 0 aromatic heterocycles. The van der Waals surface area contributed by atoms with E-state index >= 15 is 0 Å². The average Bonchev–Trinajstić information content (AvgIpc) is 2.73. The molecule has 0 bridgehead atoms. The third kappa shape index (κ3) is 1.96. The molecule has 0 aliphatic carbocycles. The second-order valence-corrected chi connectivity index (χ2v) is 4.48. The first-order valence-electron chi connectivity index (χ1n) is 6.05. The van der Waals surface area contributed by atoms with Crippen molar-refractivity contribution in [3.63, 3.8) is 0 Å². The van der Waals surface area contributed by atoms with E-state index in [1.165, 1.54) is 25.3 Å². The quantitative estimate of drug-likeness (QED) is 0.631. The Morgan fingerprint density at radius 3 is 2.52 bits per heavy atom. The minimum absolute atomic E-state index is 0.0315. The maximum atomic E-state index is 13.3. The van der Waals surface area contributed by atoms with Crippen molar-refractivity contribution in [3.05, 3.63) is 64.4 Å². The van der Waals surface area contributed by atoms with E-state index in [-0.39, 0.29) is 22.5 Å². The van der Waals surface area contributed by atoms with E-state index in [9.17, 15) is 18.8 Å². The van der Waals surface area contributed by atoms with E-state index < -0.39 is 17.4 Å². The van der Waals surface area contributed by atoms with E-state index in [0.717, 1.165) is 12.1 Å². The van der Waals surface area contributed by atoms with Crippen LogP contribution in [0.3, 0.4) is 0 Å². The van der Waals surface area contributed by atoms with Gasteiger partial charge in [0.1, 0.15) is 11.3 Å². The summed E-state index contributed by atoms with van der Waals surface area (Å²) in [4.78, 5) is 12.3. The monoisotopic (exact) mass is 289 g/mol. The molecule has 0 unspecified atom stereocenters. The average molecular weight is 289 g/mol. The molecule has 0 amide bonds. The van der Waals surface area contributed by atoms with E-state index in [2.05, 4.69) is 0 Å². The summed E-state index contributed by atoms with van der Waals surface area (Å²) in [5.41, 5.74) is 0.117. The lowest BCUT2D eigenvalue weighted by atomic mass is 10.0. The Balaban J connectivity index is 2.17. The van der Waals surface area contributed by atoms with Gasteiger partial charge in [0.2, 0.25) is 5.69 Å². The minimum Gasteiger partial charge on any atom is -0.618 e. The van der Waals surface area contributed by atoms with Gasteiger partial charge >= 0.3 is 0 Å². The van der Waals surface area contributed by atoms with Gasteiger partial charge in [-0.2, -0.15) is 4.74 Å². The fourth-order valence-electron chi connectivity index (χ4n) is 2.23. The molecule has 0 radical (unpaired) electrons. The van der Waals surface area contributed by atoms with Crippen molar-refractivity contribution in [1.82, 2.24) is 0 Å². The van der Waals surface area contributed by atoms with Crippen molar-refractivity contribution >= 4 is 17.2 Å². The molecule has 3 rings (SSSR count). The number of carbonyl (C=O) groups excluding carboxylic acids is 1. The summed E-state index contributed by atoms with van der Waals surface area (Å²) in [6.07, 6.45) is 0. The number of hydrogen-bond donors (Lipinski definition) is 0. The van der Waals surface area contributed by atoms with Gasteiger partial charge in [-0.3, -0.25) is 4.79 Å². The molecule has 0 saturated heterocycles. The topological polar surface area (TPSA) is 52.4 Å². The number of ketones is 1. The van der Waals surface area contributed by atoms with Gasteiger partial charge in [0.25, 0.3) is 11.5 Å². The molecule has 0 atom stereocenters. The first-order valence-corrected chi connectivity index (χ1v) is 6.05. The number of carbonyl (C=O) groups is 1. The number of nitrogens with zero attached hydrogens (tertiary/aromatic N) is 1. The van der Waals surface area contributed by atoms with Crippen molar-refractivity contribution in [1.29, 1.82) is 0 Å².